The number of likely N-dealkylation sites (tertiary alicyclic amines) is 1. The highest BCUT2D eigenvalue weighted by molar-refractivity contribution is 7.22. The van der Waals surface area contributed by atoms with Crippen molar-refractivity contribution in [1.82, 2.24) is 30.0 Å². The molecule has 3 aliphatic heterocycles. The lowest BCUT2D eigenvalue weighted by molar-refractivity contribution is -0.134. The minimum Gasteiger partial charge on any atom is -0.490 e. The van der Waals surface area contributed by atoms with Crippen LogP contribution in [-0.2, 0) is 29.6 Å². The molecule has 0 spiro atoms. The lowest BCUT2D eigenvalue weighted by atomic mass is 9.84. The molecular weight excluding hydrogens is 925 g/mol. The van der Waals surface area contributed by atoms with Gasteiger partial charge in [0.25, 0.3) is 5.91 Å². The first-order valence-corrected chi connectivity index (χ1v) is 26.4. The average Bonchev–Trinajstić information content (AvgIpc) is 4.12. The smallest absolute Gasteiger partial charge is 0.355 e. The van der Waals surface area contributed by atoms with Crippen LogP contribution in [0.25, 0.3) is 32.2 Å². The van der Waals surface area contributed by atoms with Crippen molar-refractivity contribution < 1.29 is 29.0 Å². The molecule has 3 amide bonds. The number of amides is 3. The Kier molecular flexibility index (Phi) is 13.3. The fraction of sp³-hybridized carbons (Fsp3) is 0.386. The van der Waals surface area contributed by atoms with Gasteiger partial charge in [-0.3, -0.25) is 29.7 Å². The van der Waals surface area contributed by atoms with Crippen molar-refractivity contribution in [3.05, 3.63) is 130 Å². The number of aromatic nitrogens is 4. The van der Waals surface area contributed by atoms with Gasteiger partial charge in [-0.05, 0) is 153 Å². The van der Waals surface area contributed by atoms with Crippen molar-refractivity contribution in [2.45, 2.75) is 102 Å². The fourth-order valence-corrected chi connectivity index (χ4v) is 12.5. The predicted octanol–water partition coefficient (Wildman–Crippen LogP) is 10.2. The molecule has 2 atom stereocenters. The summed E-state index contributed by atoms with van der Waals surface area (Å²) in [5.41, 5.74) is 8.72. The number of benzene rings is 4. The molecule has 14 nitrogen and oxygen atoms in total. The van der Waals surface area contributed by atoms with Crippen molar-refractivity contribution in [2.24, 2.45) is 13.0 Å². The lowest BCUT2D eigenvalue weighted by Gasteiger charge is -2.31. The molecule has 2 saturated heterocycles. The van der Waals surface area contributed by atoms with Crippen LogP contribution in [-0.4, -0.2) is 85.7 Å². The van der Waals surface area contributed by atoms with Gasteiger partial charge in [-0.2, -0.15) is 5.10 Å². The number of carboxylic acids is 1. The highest BCUT2D eigenvalue weighted by Gasteiger charge is 2.33. The standard InChI is InChI=1S/C57H60N8O6S/c1-34-40(41-22-24-50(59-53(41)56(69)70)65-30-27-36-10-7-12-42(45(36)33-65)54(67)61-57-58-46-13-3-4-15-49(46)72-57)11-8-14-48(34)71-39-19-16-35(17-20-39)9-5-6-28-64-29-26-38(32-64)37-18-21-43-47(31-37)63(2)62-52(43)44-23-25-51(66)60-55(44)68/h3-4,7-8,10-15,18,21-22,24,31,35,38-39,44H,5-6,9,16-17,19-20,23,25-30,32-33H2,1-2H3,(H,69,70)(H,58,61,67)(H,60,66,68)/t35-,38-,39-,44?/m1/s1. The number of thiazole rings is 1. The van der Waals surface area contributed by atoms with Crippen LogP contribution < -0.4 is 20.3 Å². The molecule has 4 aliphatic rings. The number of hydrogen-bond donors (Lipinski definition) is 3. The molecule has 3 N–H and O–H groups in total. The third-order valence-electron chi connectivity index (χ3n) is 15.7. The molecule has 1 aliphatic carbocycles. The van der Waals surface area contributed by atoms with Gasteiger partial charge in [-0.15, -0.1) is 0 Å². The fourth-order valence-electron chi connectivity index (χ4n) is 11.7. The molecule has 15 heteroatoms. The molecule has 3 fully saturated rings. The number of carboxylic acid groups (broad SMARTS) is 1. The number of aromatic carboxylic acids is 1. The second-order valence-corrected chi connectivity index (χ2v) is 21.2. The summed E-state index contributed by atoms with van der Waals surface area (Å²) in [6.45, 7) is 6.32. The van der Waals surface area contributed by atoms with Crippen molar-refractivity contribution >= 4 is 67.1 Å². The minimum atomic E-state index is -1.10. The van der Waals surface area contributed by atoms with Crippen LogP contribution in [0.4, 0.5) is 10.9 Å². The van der Waals surface area contributed by atoms with Gasteiger partial charge in [-0.1, -0.05) is 72.7 Å². The number of carbonyl (C=O) groups is 4. The van der Waals surface area contributed by atoms with Crippen LogP contribution in [0.1, 0.15) is 125 Å². The number of rotatable bonds is 14. The number of pyridine rings is 1. The van der Waals surface area contributed by atoms with Gasteiger partial charge >= 0.3 is 5.97 Å². The van der Waals surface area contributed by atoms with Crippen LogP contribution in [0.15, 0.2) is 91.0 Å². The first-order valence-electron chi connectivity index (χ1n) is 25.6. The number of para-hydroxylation sites is 1. The summed E-state index contributed by atoms with van der Waals surface area (Å²) in [4.78, 5) is 64.9. The van der Waals surface area contributed by atoms with E-state index in [4.69, 9.17) is 14.8 Å². The molecular formula is C57H60N8O6S. The molecule has 1 unspecified atom stereocenters. The zero-order valence-corrected chi connectivity index (χ0v) is 41.7. The Hall–Kier alpha value is -6.97. The summed E-state index contributed by atoms with van der Waals surface area (Å²) in [7, 11) is 1.93. The van der Waals surface area contributed by atoms with E-state index in [9.17, 15) is 24.3 Å². The van der Waals surface area contributed by atoms with Crippen LogP contribution >= 0.6 is 11.3 Å². The number of fused-ring (bicyclic) bond motifs is 3. The van der Waals surface area contributed by atoms with E-state index in [1.807, 2.05) is 85.4 Å². The monoisotopic (exact) mass is 984 g/mol. The molecule has 370 valence electrons. The van der Waals surface area contributed by atoms with Gasteiger partial charge in [-0.25, -0.2) is 14.8 Å². The largest absolute Gasteiger partial charge is 0.490 e. The summed E-state index contributed by atoms with van der Waals surface area (Å²) in [5, 5.41) is 22.3. The number of unbranched alkanes of at least 4 members (excludes halogenated alkanes) is 1. The van der Waals surface area contributed by atoms with Gasteiger partial charge in [0.1, 0.15) is 11.6 Å². The number of aryl methyl sites for hydroxylation is 1. The van der Waals surface area contributed by atoms with E-state index in [1.54, 1.807) is 0 Å². The topological polar surface area (TPSA) is 172 Å². The quantitative estimate of drug-likeness (QED) is 0.0700. The lowest BCUT2D eigenvalue weighted by Crippen LogP contribution is -2.39. The second kappa shape index (κ2) is 20.3. The maximum atomic E-state index is 13.7. The predicted molar refractivity (Wildman–Crippen MR) is 280 cm³/mol. The molecule has 7 aromatic rings. The van der Waals surface area contributed by atoms with Crippen LogP contribution in [0.2, 0.25) is 0 Å². The number of anilines is 2. The van der Waals surface area contributed by atoms with Crippen LogP contribution in [0, 0.1) is 12.8 Å². The Bertz CT molecular complexity index is 3200. The first-order chi connectivity index (χ1) is 35.0. The van der Waals surface area contributed by atoms with E-state index in [1.165, 1.54) is 36.2 Å². The minimum absolute atomic E-state index is 0.0171. The zero-order valence-electron chi connectivity index (χ0n) is 40.9. The molecule has 0 bridgehead atoms. The molecule has 1 saturated carbocycles. The van der Waals surface area contributed by atoms with Gasteiger partial charge in [0.15, 0.2) is 10.8 Å². The number of imide groups is 1. The summed E-state index contributed by atoms with van der Waals surface area (Å²) in [6.07, 6.45) is 10.7. The number of carbonyl (C=O) groups excluding carboxylic acids is 3. The van der Waals surface area contributed by atoms with Gasteiger partial charge in [0.2, 0.25) is 11.8 Å². The molecule has 72 heavy (non-hydrogen) atoms. The molecule has 0 radical (unpaired) electrons. The summed E-state index contributed by atoms with van der Waals surface area (Å²) in [5.74, 6) is 0.315. The number of nitrogens with one attached hydrogen (secondary N) is 2. The van der Waals surface area contributed by atoms with Crippen molar-refractivity contribution in [3.8, 4) is 16.9 Å². The molecule has 6 heterocycles. The van der Waals surface area contributed by atoms with E-state index in [-0.39, 0.29) is 29.5 Å². The highest BCUT2D eigenvalue weighted by atomic mass is 32.1. The first kappa shape index (κ1) is 47.4. The third kappa shape index (κ3) is 9.71. The maximum Gasteiger partial charge on any atom is 0.355 e. The third-order valence-corrected chi connectivity index (χ3v) is 16.6. The summed E-state index contributed by atoms with van der Waals surface area (Å²) >= 11 is 1.44. The molecule has 3 aromatic heterocycles. The Morgan fingerprint density at radius 2 is 1.72 bits per heavy atom. The van der Waals surface area contributed by atoms with E-state index >= 15 is 0 Å². The average molecular weight is 985 g/mol. The van der Waals surface area contributed by atoms with Gasteiger partial charge < -0.3 is 19.6 Å². The summed E-state index contributed by atoms with van der Waals surface area (Å²) in [6, 6.07) is 29.8. The SMILES string of the molecule is Cc1c(O[C@H]2CC[C@H](CCCCN3CC[C@@H](c4ccc5c(C6CCC(=O)NC6=O)nn(C)c5c4)C3)CC2)cccc1-c1ccc(N2CCc3cccc(C(=O)Nc4nc5ccccc5s4)c3C2)nc1C(=O)O. The van der Waals surface area contributed by atoms with Crippen molar-refractivity contribution in [2.75, 3.05) is 36.4 Å². The van der Waals surface area contributed by atoms with Crippen LogP contribution in [0.5, 0.6) is 5.75 Å². The summed E-state index contributed by atoms with van der Waals surface area (Å²) < 4.78 is 9.57. The Labute approximate surface area is 422 Å². The number of nitrogens with zero attached hydrogens (tertiary/aromatic N) is 6. The van der Waals surface area contributed by atoms with E-state index in [2.05, 4.69) is 49.7 Å². The normalized spacial score (nSPS) is 20.4. The maximum absolute atomic E-state index is 13.7. The highest BCUT2D eigenvalue weighted by Crippen LogP contribution is 2.39. The van der Waals surface area contributed by atoms with Crippen molar-refractivity contribution in [3.63, 3.8) is 0 Å². The number of hydrogen-bond acceptors (Lipinski definition) is 11. The molecule has 4 aromatic carbocycles. The Morgan fingerprint density at radius 1 is 0.875 bits per heavy atom. The van der Waals surface area contributed by atoms with Crippen molar-refractivity contribution in [1.29, 1.82) is 0 Å². The van der Waals surface area contributed by atoms with Gasteiger partial charge in [0.05, 0.1) is 33.4 Å². The van der Waals surface area contributed by atoms with E-state index < -0.39 is 11.9 Å². The second-order valence-electron chi connectivity index (χ2n) is 20.2. The number of ether oxygens (including phenoxy) is 1. The zero-order chi connectivity index (χ0) is 49.5. The number of piperidine rings is 1. The van der Waals surface area contributed by atoms with Crippen LogP contribution in [0.3, 0.4) is 0 Å². The van der Waals surface area contributed by atoms with E-state index in [0.29, 0.717) is 66.3 Å². The molecule has 11 rings (SSSR count). The van der Waals surface area contributed by atoms with Gasteiger partial charge in [0, 0.05) is 49.6 Å². The van der Waals surface area contributed by atoms with E-state index in [0.717, 1.165) is 107 Å². The Balaban J connectivity index is 0.662. The Morgan fingerprint density at radius 3 is 2.56 bits per heavy atom.